The highest BCUT2D eigenvalue weighted by Crippen LogP contribution is 2.30. The lowest BCUT2D eigenvalue weighted by atomic mass is 9.92. The van der Waals surface area contributed by atoms with E-state index in [0.717, 1.165) is 11.1 Å². The van der Waals surface area contributed by atoms with Crippen LogP contribution in [0.4, 0.5) is 0 Å². The van der Waals surface area contributed by atoms with Crippen molar-refractivity contribution in [1.82, 2.24) is 5.32 Å². The second-order valence-electron chi connectivity index (χ2n) is 5.18. The highest BCUT2D eigenvalue weighted by molar-refractivity contribution is 5.45. The van der Waals surface area contributed by atoms with Gasteiger partial charge in [-0.15, -0.1) is 0 Å². The number of para-hydroxylation sites is 1. The first kappa shape index (κ1) is 15.4. The van der Waals surface area contributed by atoms with Crippen LogP contribution in [0.25, 0.3) is 0 Å². The Morgan fingerprint density at radius 2 is 1.81 bits per heavy atom. The summed E-state index contributed by atoms with van der Waals surface area (Å²) in [4.78, 5) is 0. The smallest absolute Gasteiger partial charge is 0.162 e. The van der Waals surface area contributed by atoms with Crippen molar-refractivity contribution in [1.29, 1.82) is 0 Å². The molecule has 0 bridgehead atoms. The average molecular weight is 287 g/mol. The summed E-state index contributed by atoms with van der Waals surface area (Å²) in [6.45, 7) is 2.32. The Morgan fingerprint density at radius 3 is 2.43 bits per heavy atom. The summed E-state index contributed by atoms with van der Waals surface area (Å²) >= 11 is 0. The van der Waals surface area contributed by atoms with Gasteiger partial charge in [0.15, 0.2) is 11.5 Å². The Hall–Kier alpha value is -2.04. The van der Waals surface area contributed by atoms with Crippen LogP contribution in [0.5, 0.6) is 11.5 Å². The summed E-state index contributed by atoms with van der Waals surface area (Å²) in [6.07, 6.45) is 0. The number of aromatic hydroxyl groups is 1. The third kappa shape index (κ3) is 3.35. The number of hydrogen-bond donors (Lipinski definition) is 3. The van der Waals surface area contributed by atoms with Crippen molar-refractivity contribution in [2.24, 2.45) is 0 Å². The standard InChI is InChI=1S/C17H21NO3/c1-17(12-19,14-8-4-3-5-9-14)18-11-13-7-6-10-15(21-2)16(13)20/h3-10,18-20H,11-12H2,1-2H3. The lowest BCUT2D eigenvalue weighted by Crippen LogP contribution is -2.42. The van der Waals surface area contributed by atoms with Crippen LogP contribution in [0.15, 0.2) is 48.5 Å². The van der Waals surface area contributed by atoms with Crippen LogP contribution in [0.1, 0.15) is 18.1 Å². The van der Waals surface area contributed by atoms with E-state index in [1.54, 1.807) is 6.07 Å². The number of hydrogen-bond acceptors (Lipinski definition) is 4. The van der Waals surface area contributed by atoms with Crippen LogP contribution >= 0.6 is 0 Å². The summed E-state index contributed by atoms with van der Waals surface area (Å²) in [6, 6.07) is 15.1. The summed E-state index contributed by atoms with van der Waals surface area (Å²) in [5.74, 6) is 0.570. The number of phenolic OH excluding ortho intramolecular Hbond substituents is 1. The van der Waals surface area contributed by atoms with Gasteiger partial charge in [-0.3, -0.25) is 0 Å². The Balaban J connectivity index is 2.18. The summed E-state index contributed by atoms with van der Waals surface area (Å²) in [7, 11) is 1.52. The molecule has 2 aromatic rings. The maximum Gasteiger partial charge on any atom is 0.162 e. The molecule has 1 unspecified atom stereocenters. The van der Waals surface area contributed by atoms with Crippen LogP contribution in [-0.4, -0.2) is 23.9 Å². The van der Waals surface area contributed by atoms with Crippen LogP contribution in [0.2, 0.25) is 0 Å². The minimum atomic E-state index is -0.573. The molecule has 0 aliphatic carbocycles. The van der Waals surface area contributed by atoms with Gasteiger partial charge in [-0.2, -0.15) is 0 Å². The van der Waals surface area contributed by atoms with Gasteiger partial charge in [0.1, 0.15) is 0 Å². The first-order valence-corrected chi connectivity index (χ1v) is 6.87. The SMILES string of the molecule is COc1cccc(CNC(C)(CO)c2ccccc2)c1O. The number of benzene rings is 2. The van der Waals surface area contributed by atoms with Crippen molar-refractivity contribution < 1.29 is 14.9 Å². The number of rotatable bonds is 6. The molecule has 0 aliphatic heterocycles. The fourth-order valence-electron chi connectivity index (χ4n) is 2.22. The summed E-state index contributed by atoms with van der Waals surface area (Å²) in [5.41, 5.74) is 1.15. The highest BCUT2D eigenvalue weighted by atomic mass is 16.5. The van der Waals surface area contributed by atoms with Gasteiger partial charge in [0.2, 0.25) is 0 Å². The van der Waals surface area contributed by atoms with Crippen LogP contribution in [-0.2, 0) is 12.1 Å². The number of nitrogens with one attached hydrogen (secondary N) is 1. The molecule has 0 saturated carbocycles. The Morgan fingerprint density at radius 1 is 1.10 bits per heavy atom. The third-order valence-corrected chi connectivity index (χ3v) is 3.70. The van der Waals surface area contributed by atoms with Crippen LogP contribution < -0.4 is 10.1 Å². The molecule has 0 amide bonds. The first-order valence-electron chi connectivity index (χ1n) is 6.87. The second-order valence-corrected chi connectivity index (χ2v) is 5.18. The van der Waals surface area contributed by atoms with Gasteiger partial charge in [-0.05, 0) is 18.6 Å². The molecule has 112 valence electrons. The fourth-order valence-corrected chi connectivity index (χ4v) is 2.22. The number of methoxy groups -OCH3 is 1. The number of ether oxygens (including phenoxy) is 1. The van der Waals surface area contributed by atoms with Crippen LogP contribution in [0, 0.1) is 0 Å². The van der Waals surface area contributed by atoms with E-state index >= 15 is 0 Å². The number of aliphatic hydroxyl groups excluding tert-OH is 1. The van der Waals surface area contributed by atoms with Crippen LogP contribution in [0.3, 0.4) is 0 Å². The summed E-state index contributed by atoms with van der Waals surface area (Å²) in [5, 5.41) is 23.1. The molecule has 0 radical (unpaired) electrons. The zero-order valence-electron chi connectivity index (χ0n) is 12.3. The van der Waals surface area contributed by atoms with Crippen molar-refractivity contribution in [2.45, 2.75) is 19.0 Å². The zero-order valence-corrected chi connectivity index (χ0v) is 12.3. The van der Waals surface area contributed by atoms with Crippen molar-refractivity contribution in [3.05, 3.63) is 59.7 Å². The van der Waals surface area contributed by atoms with Crippen molar-refractivity contribution >= 4 is 0 Å². The Bertz CT molecular complexity index is 586. The zero-order chi connectivity index (χ0) is 15.3. The van der Waals surface area contributed by atoms with Gasteiger partial charge in [-0.1, -0.05) is 42.5 Å². The maximum absolute atomic E-state index is 10.1. The quantitative estimate of drug-likeness (QED) is 0.763. The summed E-state index contributed by atoms with van der Waals surface area (Å²) < 4.78 is 5.10. The van der Waals surface area contributed by atoms with Gasteiger partial charge >= 0.3 is 0 Å². The van der Waals surface area contributed by atoms with E-state index in [4.69, 9.17) is 4.74 Å². The third-order valence-electron chi connectivity index (χ3n) is 3.70. The van der Waals surface area contributed by atoms with Crippen molar-refractivity contribution in [2.75, 3.05) is 13.7 Å². The van der Waals surface area contributed by atoms with Gasteiger partial charge < -0.3 is 20.3 Å². The van der Waals surface area contributed by atoms with Gasteiger partial charge in [0.25, 0.3) is 0 Å². The molecule has 0 spiro atoms. The van der Waals surface area contributed by atoms with Gasteiger partial charge in [0, 0.05) is 12.1 Å². The van der Waals surface area contributed by atoms with E-state index in [1.165, 1.54) is 7.11 Å². The largest absolute Gasteiger partial charge is 0.504 e. The topological polar surface area (TPSA) is 61.7 Å². The number of aliphatic hydroxyl groups is 1. The first-order chi connectivity index (χ1) is 10.1. The van der Waals surface area contributed by atoms with Gasteiger partial charge in [-0.25, -0.2) is 0 Å². The lowest BCUT2D eigenvalue weighted by Gasteiger charge is -2.29. The Kier molecular flexibility index (Phi) is 4.83. The molecule has 0 saturated heterocycles. The van der Waals surface area contributed by atoms with E-state index in [2.05, 4.69) is 5.32 Å². The molecule has 21 heavy (non-hydrogen) atoms. The lowest BCUT2D eigenvalue weighted by molar-refractivity contribution is 0.173. The molecule has 2 aromatic carbocycles. The molecule has 0 aromatic heterocycles. The van der Waals surface area contributed by atoms with Crippen molar-refractivity contribution in [3.8, 4) is 11.5 Å². The molecule has 4 nitrogen and oxygen atoms in total. The molecular weight excluding hydrogens is 266 g/mol. The molecule has 3 N–H and O–H groups in total. The second kappa shape index (κ2) is 6.61. The molecule has 0 fully saturated rings. The van der Waals surface area contributed by atoms with Gasteiger partial charge in [0.05, 0.1) is 19.3 Å². The van der Waals surface area contributed by atoms with E-state index < -0.39 is 5.54 Å². The molecular formula is C17H21NO3. The molecule has 0 aliphatic rings. The van der Waals surface area contributed by atoms with E-state index in [9.17, 15) is 10.2 Å². The predicted octanol–water partition coefficient (Wildman–Crippen LogP) is 2.40. The predicted molar refractivity (Wildman–Crippen MR) is 82.4 cm³/mol. The molecule has 1 atom stereocenters. The average Bonchev–Trinajstić information content (AvgIpc) is 2.54. The van der Waals surface area contributed by atoms with E-state index in [-0.39, 0.29) is 12.4 Å². The molecule has 0 heterocycles. The normalized spacial score (nSPS) is 13.7. The number of phenols is 1. The fraction of sp³-hybridized carbons (Fsp3) is 0.294. The maximum atomic E-state index is 10.1. The minimum absolute atomic E-state index is 0.0399. The van der Waals surface area contributed by atoms with Crippen molar-refractivity contribution in [3.63, 3.8) is 0 Å². The monoisotopic (exact) mass is 287 g/mol. The Labute approximate surface area is 125 Å². The highest BCUT2D eigenvalue weighted by Gasteiger charge is 2.25. The minimum Gasteiger partial charge on any atom is -0.504 e. The van der Waals surface area contributed by atoms with E-state index in [1.807, 2.05) is 49.4 Å². The van der Waals surface area contributed by atoms with E-state index in [0.29, 0.717) is 12.3 Å². The molecule has 2 rings (SSSR count). The molecule has 4 heteroatoms.